The maximum atomic E-state index is 9.65. The molecule has 0 spiro atoms. The molecule has 0 bridgehead atoms. The molecule has 0 saturated carbocycles. The second kappa shape index (κ2) is 3.61. The van der Waals surface area contributed by atoms with Crippen LogP contribution in [0, 0.1) is 0 Å². The Labute approximate surface area is 56.7 Å². The number of hydrogen-bond acceptors (Lipinski definition) is 2. The van der Waals surface area contributed by atoms with Crippen LogP contribution in [-0.4, -0.2) is 20.9 Å². The third-order valence-corrected chi connectivity index (χ3v) is 1.72. The fourth-order valence-corrected chi connectivity index (χ4v) is 0.909. The van der Waals surface area contributed by atoms with Crippen LogP contribution in [0.5, 0.6) is 0 Å². The van der Waals surface area contributed by atoms with Crippen LogP contribution in [0.25, 0.3) is 0 Å². The van der Waals surface area contributed by atoms with Crippen molar-refractivity contribution in [3.05, 3.63) is 6.08 Å². The molecule has 0 aromatic carbocycles. The van der Waals surface area contributed by atoms with E-state index < -0.39 is 8.32 Å². The zero-order chi connectivity index (χ0) is 7.33. The van der Waals surface area contributed by atoms with Crippen molar-refractivity contribution in [3.8, 4) is 0 Å². The summed E-state index contributed by atoms with van der Waals surface area (Å²) in [5.41, 5.74) is 0. The van der Waals surface area contributed by atoms with Crippen LogP contribution in [-0.2, 0) is 9.22 Å². The first-order valence-electron chi connectivity index (χ1n) is 2.89. The van der Waals surface area contributed by atoms with Crippen molar-refractivity contribution in [1.82, 2.24) is 0 Å². The van der Waals surface area contributed by atoms with Gasteiger partial charge in [0, 0.05) is 6.08 Å². The molecule has 3 heteroatoms. The molecule has 0 aromatic heterocycles. The van der Waals surface area contributed by atoms with Crippen LogP contribution in [0.3, 0.4) is 0 Å². The van der Waals surface area contributed by atoms with E-state index in [0.29, 0.717) is 6.61 Å². The third-order valence-electron chi connectivity index (χ3n) is 0.683. The highest BCUT2D eigenvalue weighted by molar-refractivity contribution is 6.69. The quantitative estimate of drug-likeness (QED) is 0.440. The average Bonchev–Trinajstić information content (AvgIpc) is 1.63. The monoisotopic (exact) mass is 144 g/mol. The Kier molecular flexibility index (Phi) is 3.46. The molecule has 0 heterocycles. The Morgan fingerprint density at radius 1 is 1.56 bits per heavy atom. The molecule has 0 amide bonds. The molecule has 9 heavy (non-hydrogen) atoms. The van der Waals surface area contributed by atoms with Gasteiger partial charge in [0.15, 0.2) is 8.32 Å². The standard InChI is InChI=1S/C6H12O2Si/c1-9(2,3)8-6-4-5-7/h4H,6H2,1-3H3. The van der Waals surface area contributed by atoms with Gasteiger partial charge in [-0.05, 0) is 19.6 Å². The molecule has 0 unspecified atom stereocenters. The Bertz CT molecular complexity index is 120. The molecule has 0 aromatic rings. The summed E-state index contributed by atoms with van der Waals surface area (Å²) in [4.78, 5) is 9.65. The fraction of sp³-hybridized carbons (Fsp3) is 0.667. The zero-order valence-corrected chi connectivity index (χ0v) is 7.10. The molecule has 0 fully saturated rings. The minimum Gasteiger partial charge on any atom is -0.413 e. The molecule has 0 rings (SSSR count). The van der Waals surface area contributed by atoms with Gasteiger partial charge in [-0.15, -0.1) is 0 Å². The largest absolute Gasteiger partial charge is 0.413 e. The molecule has 2 nitrogen and oxygen atoms in total. The lowest BCUT2D eigenvalue weighted by Gasteiger charge is -2.14. The average molecular weight is 144 g/mol. The van der Waals surface area contributed by atoms with E-state index in [1.54, 1.807) is 5.94 Å². The molecular weight excluding hydrogens is 132 g/mol. The van der Waals surface area contributed by atoms with Gasteiger partial charge in [-0.2, -0.15) is 0 Å². The second-order valence-corrected chi connectivity index (χ2v) is 7.26. The van der Waals surface area contributed by atoms with Crippen molar-refractivity contribution in [2.24, 2.45) is 0 Å². The van der Waals surface area contributed by atoms with E-state index in [9.17, 15) is 4.79 Å². The lowest BCUT2D eigenvalue weighted by Crippen LogP contribution is -2.25. The van der Waals surface area contributed by atoms with Gasteiger partial charge >= 0.3 is 0 Å². The molecule has 0 aliphatic carbocycles. The van der Waals surface area contributed by atoms with Crippen LogP contribution in [0.4, 0.5) is 0 Å². The van der Waals surface area contributed by atoms with Crippen LogP contribution in [0.1, 0.15) is 0 Å². The third kappa shape index (κ3) is 7.63. The summed E-state index contributed by atoms with van der Waals surface area (Å²) in [6.07, 6.45) is 1.36. The summed E-state index contributed by atoms with van der Waals surface area (Å²) in [7, 11) is -1.40. The molecule has 0 aliphatic rings. The Morgan fingerprint density at radius 3 is 2.44 bits per heavy atom. The smallest absolute Gasteiger partial charge is 0.184 e. The van der Waals surface area contributed by atoms with Crippen molar-refractivity contribution in [3.63, 3.8) is 0 Å². The summed E-state index contributed by atoms with van der Waals surface area (Å²) >= 11 is 0. The van der Waals surface area contributed by atoms with Gasteiger partial charge in [-0.1, -0.05) is 0 Å². The SMILES string of the molecule is C[Si](C)(C)OCC=C=O. The Hall–Kier alpha value is -0.373. The first kappa shape index (κ1) is 8.63. The Morgan fingerprint density at radius 2 is 2.11 bits per heavy atom. The first-order valence-corrected chi connectivity index (χ1v) is 6.30. The number of hydrogen-bond donors (Lipinski definition) is 0. The van der Waals surface area contributed by atoms with E-state index in [0.717, 1.165) is 0 Å². The van der Waals surface area contributed by atoms with E-state index in [2.05, 4.69) is 19.6 Å². The molecule has 0 saturated heterocycles. The highest BCUT2D eigenvalue weighted by Crippen LogP contribution is 2.00. The molecule has 0 aliphatic heterocycles. The first-order chi connectivity index (χ1) is 4.06. The summed E-state index contributed by atoms with van der Waals surface area (Å²) in [5, 5.41) is 0. The molecule has 0 radical (unpaired) electrons. The predicted octanol–water partition coefficient (Wildman–Crippen LogP) is 1.23. The zero-order valence-electron chi connectivity index (χ0n) is 6.10. The van der Waals surface area contributed by atoms with Gasteiger partial charge in [0.1, 0.15) is 5.94 Å². The predicted molar refractivity (Wildman–Crippen MR) is 39.6 cm³/mol. The Balaban J connectivity index is 3.39. The van der Waals surface area contributed by atoms with E-state index in [1.165, 1.54) is 6.08 Å². The second-order valence-electron chi connectivity index (χ2n) is 2.75. The maximum absolute atomic E-state index is 9.65. The molecule has 52 valence electrons. The minimum atomic E-state index is -1.40. The number of rotatable bonds is 3. The van der Waals surface area contributed by atoms with E-state index in [-0.39, 0.29) is 0 Å². The van der Waals surface area contributed by atoms with Crippen LogP contribution >= 0.6 is 0 Å². The van der Waals surface area contributed by atoms with Crippen LogP contribution < -0.4 is 0 Å². The normalized spacial score (nSPS) is 10.6. The van der Waals surface area contributed by atoms with Gasteiger partial charge in [0.05, 0.1) is 6.61 Å². The van der Waals surface area contributed by atoms with E-state index in [4.69, 9.17) is 4.43 Å². The lowest BCUT2D eigenvalue weighted by atomic mass is 10.7. The highest BCUT2D eigenvalue weighted by Gasteiger charge is 2.12. The topological polar surface area (TPSA) is 26.3 Å². The van der Waals surface area contributed by atoms with Crippen molar-refractivity contribution in [2.75, 3.05) is 6.61 Å². The van der Waals surface area contributed by atoms with Crippen molar-refractivity contribution in [1.29, 1.82) is 0 Å². The highest BCUT2D eigenvalue weighted by atomic mass is 28.4. The van der Waals surface area contributed by atoms with Gasteiger partial charge in [0.25, 0.3) is 0 Å². The number of carbonyl (C=O) groups excluding carboxylic acids is 1. The van der Waals surface area contributed by atoms with Gasteiger partial charge in [-0.25, -0.2) is 4.79 Å². The van der Waals surface area contributed by atoms with E-state index >= 15 is 0 Å². The van der Waals surface area contributed by atoms with Gasteiger partial charge in [0.2, 0.25) is 0 Å². The van der Waals surface area contributed by atoms with Crippen molar-refractivity contribution < 1.29 is 9.22 Å². The fourth-order valence-electron chi connectivity index (χ4n) is 0.326. The van der Waals surface area contributed by atoms with Crippen molar-refractivity contribution in [2.45, 2.75) is 19.6 Å². The minimum absolute atomic E-state index is 0.416. The summed E-state index contributed by atoms with van der Waals surface area (Å²) in [6.45, 7) is 6.64. The summed E-state index contributed by atoms with van der Waals surface area (Å²) in [6, 6.07) is 0. The van der Waals surface area contributed by atoms with Gasteiger partial charge < -0.3 is 4.43 Å². The van der Waals surface area contributed by atoms with Gasteiger partial charge in [-0.3, -0.25) is 0 Å². The lowest BCUT2D eigenvalue weighted by molar-refractivity contribution is 0.358. The maximum Gasteiger partial charge on any atom is 0.184 e. The molecule has 0 N–H and O–H groups in total. The van der Waals surface area contributed by atoms with E-state index in [1.807, 2.05) is 0 Å². The summed E-state index contributed by atoms with van der Waals surface area (Å²) < 4.78 is 5.29. The summed E-state index contributed by atoms with van der Waals surface area (Å²) in [5.74, 6) is 1.66. The molecule has 0 atom stereocenters. The molecular formula is C6H12O2Si. The van der Waals surface area contributed by atoms with Crippen LogP contribution in [0.2, 0.25) is 19.6 Å². The van der Waals surface area contributed by atoms with Crippen molar-refractivity contribution >= 4 is 14.3 Å². The van der Waals surface area contributed by atoms with Crippen LogP contribution in [0.15, 0.2) is 6.08 Å².